The standard InChI is InChI=1S/C17H33NO/c1-16(2)10-14(11-17(3,4)12-16)18-13-7-6-8-15(9-13)19-5/h13-15,18H,6-12H2,1-5H3. The lowest BCUT2D eigenvalue weighted by atomic mass is 9.63. The highest BCUT2D eigenvalue weighted by Crippen LogP contribution is 2.45. The maximum Gasteiger partial charge on any atom is 0.0586 e. The second-order valence-corrected chi connectivity index (χ2v) is 8.50. The third-order valence-electron chi connectivity index (χ3n) is 4.99. The van der Waals surface area contributed by atoms with Crippen LogP contribution < -0.4 is 5.32 Å². The summed E-state index contributed by atoms with van der Waals surface area (Å²) >= 11 is 0. The van der Waals surface area contributed by atoms with Crippen molar-refractivity contribution in [2.24, 2.45) is 10.8 Å². The number of nitrogens with one attached hydrogen (secondary N) is 1. The summed E-state index contributed by atoms with van der Waals surface area (Å²) in [6.07, 6.45) is 9.58. The number of methoxy groups -OCH3 is 1. The summed E-state index contributed by atoms with van der Waals surface area (Å²) in [7, 11) is 1.86. The second kappa shape index (κ2) is 5.73. The first kappa shape index (κ1) is 15.3. The minimum atomic E-state index is 0.481. The maximum atomic E-state index is 5.55. The van der Waals surface area contributed by atoms with Crippen LogP contribution in [0.4, 0.5) is 0 Å². The summed E-state index contributed by atoms with van der Waals surface area (Å²) < 4.78 is 5.55. The Balaban J connectivity index is 1.91. The molecular formula is C17H33NO. The highest BCUT2D eigenvalue weighted by Gasteiger charge is 2.39. The van der Waals surface area contributed by atoms with Gasteiger partial charge < -0.3 is 10.1 Å². The topological polar surface area (TPSA) is 21.3 Å². The molecule has 2 aliphatic rings. The Hall–Kier alpha value is -0.0800. The van der Waals surface area contributed by atoms with Crippen LogP contribution in [0.1, 0.15) is 72.6 Å². The molecule has 0 heterocycles. The van der Waals surface area contributed by atoms with E-state index in [0.717, 1.165) is 0 Å². The minimum Gasteiger partial charge on any atom is -0.381 e. The fraction of sp³-hybridized carbons (Fsp3) is 1.00. The van der Waals surface area contributed by atoms with Crippen LogP contribution in [0.5, 0.6) is 0 Å². The molecule has 112 valence electrons. The fourth-order valence-corrected chi connectivity index (χ4v) is 4.81. The van der Waals surface area contributed by atoms with Gasteiger partial charge in [-0.2, -0.15) is 0 Å². The van der Waals surface area contributed by atoms with Gasteiger partial charge in [-0.15, -0.1) is 0 Å². The molecule has 2 nitrogen and oxygen atoms in total. The van der Waals surface area contributed by atoms with Gasteiger partial charge in [0.25, 0.3) is 0 Å². The van der Waals surface area contributed by atoms with Crippen LogP contribution in [0.15, 0.2) is 0 Å². The quantitative estimate of drug-likeness (QED) is 0.830. The molecule has 1 N–H and O–H groups in total. The molecule has 19 heavy (non-hydrogen) atoms. The Labute approximate surface area is 119 Å². The van der Waals surface area contributed by atoms with Gasteiger partial charge in [0.1, 0.15) is 0 Å². The van der Waals surface area contributed by atoms with Crippen molar-refractivity contribution in [1.29, 1.82) is 0 Å². The normalized spacial score (nSPS) is 35.2. The zero-order chi connectivity index (χ0) is 14.1. The van der Waals surface area contributed by atoms with Crippen LogP contribution in [0.3, 0.4) is 0 Å². The predicted octanol–water partition coefficient (Wildman–Crippen LogP) is 4.14. The van der Waals surface area contributed by atoms with Gasteiger partial charge in [-0.25, -0.2) is 0 Å². The van der Waals surface area contributed by atoms with E-state index in [1.165, 1.54) is 44.9 Å². The van der Waals surface area contributed by atoms with Gasteiger partial charge in [0.2, 0.25) is 0 Å². The monoisotopic (exact) mass is 267 g/mol. The molecule has 2 atom stereocenters. The van der Waals surface area contributed by atoms with Crippen LogP contribution in [-0.4, -0.2) is 25.3 Å². The summed E-state index contributed by atoms with van der Waals surface area (Å²) in [5.74, 6) is 0. The molecule has 0 bridgehead atoms. The van der Waals surface area contributed by atoms with E-state index < -0.39 is 0 Å². The van der Waals surface area contributed by atoms with Crippen LogP contribution in [0.2, 0.25) is 0 Å². The third-order valence-corrected chi connectivity index (χ3v) is 4.99. The molecule has 2 rings (SSSR count). The average Bonchev–Trinajstić information content (AvgIpc) is 2.24. The Morgan fingerprint density at radius 2 is 1.58 bits per heavy atom. The highest BCUT2D eigenvalue weighted by atomic mass is 16.5. The van der Waals surface area contributed by atoms with Crippen molar-refractivity contribution in [2.45, 2.75) is 90.8 Å². The smallest absolute Gasteiger partial charge is 0.0586 e. The van der Waals surface area contributed by atoms with Gasteiger partial charge in [0.05, 0.1) is 6.10 Å². The van der Waals surface area contributed by atoms with Crippen molar-refractivity contribution < 1.29 is 4.74 Å². The van der Waals surface area contributed by atoms with E-state index in [0.29, 0.717) is 29.0 Å². The molecule has 0 spiro atoms. The Kier molecular flexibility index (Phi) is 4.62. The largest absolute Gasteiger partial charge is 0.381 e. The number of ether oxygens (including phenoxy) is 1. The summed E-state index contributed by atoms with van der Waals surface area (Å²) in [5.41, 5.74) is 0.962. The van der Waals surface area contributed by atoms with Gasteiger partial charge in [-0.3, -0.25) is 0 Å². The van der Waals surface area contributed by atoms with Crippen LogP contribution in [0, 0.1) is 10.8 Å². The van der Waals surface area contributed by atoms with Gasteiger partial charge in [-0.05, 0) is 55.8 Å². The summed E-state index contributed by atoms with van der Waals surface area (Å²) in [6, 6.07) is 1.37. The van der Waals surface area contributed by atoms with E-state index in [-0.39, 0.29) is 0 Å². The van der Waals surface area contributed by atoms with E-state index in [1.807, 2.05) is 7.11 Å². The van der Waals surface area contributed by atoms with Gasteiger partial charge >= 0.3 is 0 Å². The molecule has 0 aliphatic heterocycles. The van der Waals surface area contributed by atoms with Gasteiger partial charge in [0.15, 0.2) is 0 Å². The first-order valence-electron chi connectivity index (χ1n) is 8.09. The van der Waals surface area contributed by atoms with E-state index in [9.17, 15) is 0 Å². The summed E-state index contributed by atoms with van der Waals surface area (Å²) in [4.78, 5) is 0. The SMILES string of the molecule is COC1CCCC(NC2CC(C)(C)CC(C)(C)C2)C1. The Morgan fingerprint density at radius 3 is 2.16 bits per heavy atom. The summed E-state index contributed by atoms with van der Waals surface area (Å²) in [6.45, 7) is 9.73. The molecule has 2 heteroatoms. The molecular weight excluding hydrogens is 234 g/mol. The van der Waals surface area contributed by atoms with Crippen molar-refractivity contribution in [2.75, 3.05) is 7.11 Å². The van der Waals surface area contributed by atoms with Crippen molar-refractivity contribution in [3.05, 3.63) is 0 Å². The lowest BCUT2D eigenvalue weighted by Gasteiger charge is -2.46. The third kappa shape index (κ3) is 4.46. The first-order chi connectivity index (χ1) is 8.80. The van der Waals surface area contributed by atoms with E-state index in [4.69, 9.17) is 4.74 Å². The average molecular weight is 267 g/mol. The molecule has 0 aromatic rings. The van der Waals surface area contributed by atoms with Gasteiger partial charge in [-0.1, -0.05) is 27.7 Å². The zero-order valence-electron chi connectivity index (χ0n) is 13.6. The summed E-state index contributed by atoms with van der Waals surface area (Å²) in [5, 5.41) is 3.95. The Bertz CT molecular complexity index is 282. The molecule has 2 fully saturated rings. The zero-order valence-corrected chi connectivity index (χ0v) is 13.6. The van der Waals surface area contributed by atoms with E-state index in [2.05, 4.69) is 33.0 Å². The van der Waals surface area contributed by atoms with Crippen molar-refractivity contribution >= 4 is 0 Å². The number of rotatable bonds is 3. The first-order valence-corrected chi connectivity index (χ1v) is 8.09. The Morgan fingerprint density at radius 1 is 0.947 bits per heavy atom. The second-order valence-electron chi connectivity index (χ2n) is 8.50. The molecule has 0 radical (unpaired) electrons. The van der Waals surface area contributed by atoms with Crippen molar-refractivity contribution in [3.8, 4) is 0 Å². The number of hydrogen-bond donors (Lipinski definition) is 1. The van der Waals surface area contributed by atoms with Crippen LogP contribution >= 0.6 is 0 Å². The van der Waals surface area contributed by atoms with Crippen molar-refractivity contribution in [1.82, 2.24) is 5.32 Å². The molecule has 0 aromatic heterocycles. The van der Waals surface area contributed by atoms with E-state index >= 15 is 0 Å². The maximum absolute atomic E-state index is 5.55. The highest BCUT2D eigenvalue weighted by molar-refractivity contribution is 4.94. The molecule has 0 amide bonds. The predicted molar refractivity (Wildman–Crippen MR) is 81.4 cm³/mol. The van der Waals surface area contributed by atoms with Crippen LogP contribution in [0.25, 0.3) is 0 Å². The molecule has 2 aliphatic carbocycles. The molecule has 0 saturated heterocycles. The van der Waals surface area contributed by atoms with E-state index in [1.54, 1.807) is 0 Å². The number of hydrogen-bond acceptors (Lipinski definition) is 2. The van der Waals surface area contributed by atoms with Gasteiger partial charge in [0, 0.05) is 19.2 Å². The fourth-order valence-electron chi connectivity index (χ4n) is 4.81. The minimum absolute atomic E-state index is 0.481. The lowest BCUT2D eigenvalue weighted by Crippen LogP contribution is -2.49. The molecule has 2 saturated carbocycles. The lowest BCUT2D eigenvalue weighted by molar-refractivity contribution is 0.0425. The van der Waals surface area contributed by atoms with Crippen LogP contribution in [-0.2, 0) is 4.74 Å². The molecule has 2 unspecified atom stereocenters. The molecule has 0 aromatic carbocycles. The van der Waals surface area contributed by atoms with Crippen molar-refractivity contribution in [3.63, 3.8) is 0 Å².